The van der Waals surface area contributed by atoms with Crippen LogP contribution in [-0.2, 0) is 9.53 Å². The minimum atomic E-state index is -0.157. The molecule has 98 valence electrons. The van der Waals surface area contributed by atoms with Crippen LogP contribution in [0, 0.1) is 0 Å². The molecule has 0 bridgehead atoms. The Labute approximate surface area is 113 Å². The SMILES string of the molecule is CCN(CC(=O)OC)CC1CSc2ccccc21. The second kappa shape index (κ2) is 6.25. The molecule has 1 unspecified atom stereocenters. The Bertz CT molecular complexity index is 422. The molecule has 0 fully saturated rings. The largest absolute Gasteiger partial charge is 0.468 e. The zero-order valence-corrected chi connectivity index (χ0v) is 11.7. The Balaban J connectivity index is 1.99. The Morgan fingerprint density at radius 2 is 2.28 bits per heavy atom. The summed E-state index contributed by atoms with van der Waals surface area (Å²) in [4.78, 5) is 14.9. The molecule has 0 aliphatic carbocycles. The summed E-state index contributed by atoms with van der Waals surface area (Å²) in [7, 11) is 1.44. The third kappa shape index (κ3) is 3.06. The van der Waals surface area contributed by atoms with Crippen LogP contribution in [0.15, 0.2) is 29.2 Å². The van der Waals surface area contributed by atoms with Gasteiger partial charge >= 0.3 is 5.97 Å². The van der Waals surface area contributed by atoms with Gasteiger partial charge in [-0.3, -0.25) is 9.69 Å². The molecular weight excluding hydrogens is 246 g/mol. The number of esters is 1. The van der Waals surface area contributed by atoms with Crippen molar-refractivity contribution in [1.29, 1.82) is 0 Å². The molecular formula is C14H19NO2S. The average Bonchev–Trinajstić information content (AvgIpc) is 2.81. The second-order valence-corrected chi connectivity index (χ2v) is 5.51. The summed E-state index contributed by atoms with van der Waals surface area (Å²) in [5, 5.41) is 0. The summed E-state index contributed by atoms with van der Waals surface area (Å²) >= 11 is 1.91. The van der Waals surface area contributed by atoms with E-state index >= 15 is 0 Å². The number of fused-ring (bicyclic) bond motifs is 1. The van der Waals surface area contributed by atoms with Crippen molar-refractivity contribution in [2.75, 3.05) is 32.5 Å². The molecule has 1 heterocycles. The predicted octanol–water partition coefficient (Wildman–Crippen LogP) is 2.37. The van der Waals surface area contributed by atoms with Gasteiger partial charge in [0.1, 0.15) is 0 Å². The molecule has 0 N–H and O–H groups in total. The normalized spacial score (nSPS) is 17.8. The standard InChI is InChI=1S/C14H19NO2S/c1-3-15(9-14(16)17-2)8-11-10-18-13-7-5-4-6-12(11)13/h4-7,11H,3,8-10H2,1-2H3. The fourth-order valence-electron chi connectivity index (χ4n) is 2.24. The molecule has 4 heteroatoms. The zero-order valence-electron chi connectivity index (χ0n) is 10.9. The van der Waals surface area contributed by atoms with Gasteiger partial charge in [0.25, 0.3) is 0 Å². The number of rotatable bonds is 5. The third-order valence-electron chi connectivity index (χ3n) is 3.31. The Kier molecular flexibility index (Phi) is 4.66. The van der Waals surface area contributed by atoms with E-state index in [-0.39, 0.29) is 5.97 Å². The maximum absolute atomic E-state index is 11.3. The molecule has 0 amide bonds. The number of thioether (sulfide) groups is 1. The lowest BCUT2D eigenvalue weighted by Crippen LogP contribution is -2.34. The van der Waals surface area contributed by atoms with Gasteiger partial charge in [-0.25, -0.2) is 0 Å². The van der Waals surface area contributed by atoms with Gasteiger partial charge < -0.3 is 4.74 Å². The minimum Gasteiger partial charge on any atom is -0.468 e. The van der Waals surface area contributed by atoms with Gasteiger partial charge in [0.05, 0.1) is 13.7 Å². The number of hydrogen-bond acceptors (Lipinski definition) is 4. The van der Waals surface area contributed by atoms with E-state index < -0.39 is 0 Å². The van der Waals surface area contributed by atoms with Crippen LogP contribution in [-0.4, -0.2) is 43.4 Å². The van der Waals surface area contributed by atoms with Gasteiger partial charge in [0, 0.05) is 23.1 Å². The summed E-state index contributed by atoms with van der Waals surface area (Å²) in [6.45, 7) is 4.27. The Hall–Kier alpha value is -1.00. The van der Waals surface area contributed by atoms with Crippen molar-refractivity contribution < 1.29 is 9.53 Å². The Morgan fingerprint density at radius 1 is 1.50 bits per heavy atom. The first-order chi connectivity index (χ1) is 8.74. The van der Waals surface area contributed by atoms with Gasteiger partial charge in [0.15, 0.2) is 0 Å². The van der Waals surface area contributed by atoms with E-state index in [1.807, 2.05) is 11.8 Å². The molecule has 0 spiro atoms. The van der Waals surface area contributed by atoms with Crippen LogP contribution in [0.4, 0.5) is 0 Å². The zero-order chi connectivity index (χ0) is 13.0. The molecule has 0 radical (unpaired) electrons. The van der Waals surface area contributed by atoms with Crippen molar-refractivity contribution >= 4 is 17.7 Å². The first-order valence-corrected chi connectivity index (χ1v) is 7.24. The number of methoxy groups -OCH3 is 1. The topological polar surface area (TPSA) is 29.5 Å². The van der Waals surface area contributed by atoms with E-state index in [2.05, 4.69) is 36.1 Å². The number of carbonyl (C=O) groups is 1. The fourth-order valence-corrected chi connectivity index (χ4v) is 3.49. The molecule has 3 nitrogen and oxygen atoms in total. The molecule has 0 saturated heterocycles. The average molecular weight is 265 g/mol. The molecule has 1 atom stereocenters. The smallest absolute Gasteiger partial charge is 0.319 e. The molecule has 1 aromatic rings. The summed E-state index contributed by atoms with van der Waals surface area (Å²) < 4.78 is 4.73. The van der Waals surface area contributed by atoms with E-state index in [9.17, 15) is 4.79 Å². The quantitative estimate of drug-likeness (QED) is 0.765. The lowest BCUT2D eigenvalue weighted by atomic mass is 10.0. The number of ether oxygens (including phenoxy) is 1. The lowest BCUT2D eigenvalue weighted by molar-refractivity contribution is -0.141. The highest BCUT2D eigenvalue weighted by Gasteiger charge is 2.25. The number of nitrogens with zero attached hydrogens (tertiary/aromatic N) is 1. The van der Waals surface area contributed by atoms with Crippen LogP contribution in [0.1, 0.15) is 18.4 Å². The highest BCUT2D eigenvalue weighted by atomic mass is 32.2. The monoisotopic (exact) mass is 265 g/mol. The molecule has 1 aliphatic heterocycles. The highest BCUT2D eigenvalue weighted by Crippen LogP contribution is 2.39. The molecule has 2 rings (SSSR count). The summed E-state index contributed by atoms with van der Waals surface area (Å²) in [5.41, 5.74) is 1.42. The van der Waals surface area contributed by atoms with Crippen LogP contribution >= 0.6 is 11.8 Å². The number of carbonyl (C=O) groups excluding carboxylic acids is 1. The number of benzene rings is 1. The van der Waals surface area contributed by atoms with Gasteiger partial charge in [-0.1, -0.05) is 25.1 Å². The first-order valence-electron chi connectivity index (χ1n) is 6.25. The lowest BCUT2D eigenvalue weighted by Gasteiger charge is -2.22. The van der Waals surface area contributed by atoms with Gasteiger partial charge in [-0.05, 0) is 18.2 Å². The number of likely N-dealkylation sites (N-methyl/N-ethyl adjacent to an activating group) is 1. The van der Waals surface area contributed by atoms with Crippen LogP contribution in [0.5, 0.6) is 0 Å². The third-order valence-corrected chi connectivity index (χ3v) is 4.56. The highest BCUT2D eigenvalue weighted by molar-refractivity contribution is 7.99. The van der Waals surface area contributed by atoms with E-state index in [0.717, 1.165) is 18.8 Å². The van der Waals surface area contributed by atoms with Crippen LogP contribution in [0.2, 0.25) is 0 Å². The van der Waals surface area contributed by atoms with Gasteiger partial charge in [-0.2, -0.15) is 0 Å². The summed E-state index contributed by atoms with van der Waals surface area (Å²) in [5.74, 6) is 1.48. The number of hydrogen-bond donors (Lipinski definition) is 0. The van der Waals surface area contributed by atoms with E-state index in [4.69, 9.17) is 4.74 Å². The molecule has 1 aromatic carbocycles. The second-order valence-electron chi connectivity index (χ2n) is 4.45. The van der Waals surface area contributed by atoms with Crippen molar-refractivity contribution in [2.45, 2.75) is 17.7 Å². The fraction of sp³-hybridized carbons (Fsp3) is 0.500. The molecule has 0 aromatic heterocycles. The maximum atomic E-state index is 11.3. The van der Waals surface area contributed by atoms with Gasteiger partial charge in [-0.15, -0.1) is 11.8 Å². The molecule has 0 saturated carbocycles. The Morgan fingerprint density at radius 3 is 3.00 bits per heavy atom. The van der Waals surface area contributed by atoms with Crippen molar-refractivity contribution in [3.63, 3.8) is 0 Å². The maximum Gasteiger partial charge on any atom is 0.319 e. The summed E-state index contributed by atoms with van der Waals surface area (Å²) in [6, 6.07) is 8.55. The van der Waals surface area contributed by atoms with Crippen LogP contribution in [0.3, 0.4) is 0 Å². The van der Waals surface area contributed by atoms with Crippen LogP contribution in [0.25, 0.3) is 0 Å². The molecule has 1 aliphatic rings. The van der Waals surface area contributed by atoms with Crippen molar-refractivity contribution in [3.05, 3.63) is 29.8 Å². The van der Waals surface area contributed by atoms with E-state index in [1.165, 1.54) is 17.6 Å². The van der Waals surface area contributed by atoms with E-state index in [1.54, 1.807) is 0 Å². The predicted molar refractivity (Wildman–Crippen MR) is 74.0 cm³/mol. The minimum absolute atomic E-state index is 0.157. The van der Waals surface area contributed by atoms with Crippen molar-refractivity contribution in [2.24, 2.45) is 0 Å². The first kappa shape index (κ1) is 13.4. The summed E-state index contributed by atoms with van der Waals surface area (Å²) in [6.07, 6.45) is 0. The van der Waals surface area contributed by atoms with Gasteiger partial charge in [0.2, 0.25) is 0 Å². The molecule has 18 heavy (non-hydrogen) atoms. The van der Waals surface area contributed by atoms with E-state index in [0.29, 0.717) is 12.5 Å². The van der Waals surface area contributed by atoms with Crippen molar-refractivity contribution in [3.8, 4) is 0 Å². The van der Waals surface area contributed by atoms with Crippen molar-refractivity contribution in [1.82, 2.24) is 4.90 Å². The van der Waals surface area contributed by atoms with Crippen LogP contribution < -0.4 is 0 Å².